The molecule has 1 aliphatic rings. The van der Waals surface area contributed by atoms with Crippen molar-refractivity contribution in [3.8, 4) is 0 Å². The molecular weight excluding hydrogens is 320 g/mol. The third-order valence-corrected chi connectivity index (χ3v) is 4.38. The Kier molecular flexibility index (Phi) is 5.43. The van der Waals surface area contributed by atoms with Crippen molar-refractivity contribution in [3.63, 3.8) is 0 Å². The van der Waals surface area contributed by atoms with Crippen molar-refractivity contribution in [1.29, 1.82) is 0 Å². The number of allylic oxidation sites excluding steroid dienone is 2. The Morgan fingerprint density at radius 1 is 1.04 bits per heavy atom. The van der Waals surface area contributed by atoms with Gasteiger partial charge in [-0.05, 0) is 42.3 Å². The zero-order valence-corrected chi connectivity index (χ0v) is 14.5. The van der Waals surface area contributed by atoms with Crippen LogP contribution in [0.4, 0.5) is 0 Å². The number of ether oxygens (including phenoxy) is 2. The molecule has 25 heavy (non-hydrogen) atoms. The summed E-state index contributed by atoms with van der Waals surface area (Å²) in [6, 6.07) is 7.64. The lowest BCUT2D eigenvalue weighted by Gasteiger charge is -2.24. The van der Waals surface area contributed by atoms with E-state index in [1.54, 1.807) is 14.2 Å². The van der Waals surface area contributed by atoms with Crippen molar-refractivity contribution < 1.29 is 18.3 Å². The highest BCUT2D eigenvalue weighted by Gasteiger charge is 2.29. The Bertz CT molecular complexity index is 730. The van der Waals surface area contributed by atoms with E-state index < -0.39 is 0 Å². The molecule has 1 aliphatic carbocycles. The summed E-state index contributed by atoms with van der Waals surface area (Å²) in [6.45, 7) is 0.700. The normalized spacial score (nSPS) is 17.6. The van der Waals surface area contributed by atoms with Gasteiger partial charge in [0, 0.05) is 7.11 Å². The molecule has 134 valence electrons. The molecule has 1 unspecified atom stereocenters. The fourth-order valence-corrected chi connectivity index (χ4v) is 3.07. The van der Waals surface area contributed by atoms with Crippen molar-refractivity contribution in [2.75, 3.05) is 14.2 Å². The molecule has 0 aromatic carbocycles. The summed E-state index contributed by atoms with van der Waals surface area (Å²) in [5.74, 6) is 3.59. The minimum absolute atomic E-state index is 0.0817. The van der Waals surface area contributed by atoms with E-state index in [2.05, 4.69) is 6.08 Å². The van der Waals surface area contributed by atoms with Gasteiger partial charge in [-0.1, -0.05) is 6.08 Å². The standard InChI is InChI=1S/C19H24N2O4/c1-22-15-6-3-12(9-18(15)23-2)19(16-7-4-13(10-20)24-16)17-8-5-14(11-21)25-17/h3-5,7-9,15,19H,6,10-11,20-21H2,1-2H3. The van der Waals surface area contributed by atoms with Crippen molar-refractivity contribution >= 4 is 0 Å². The van der Waals surface area contributed by atoms with Crippen LogP contribution in [0.15, 0.2) is 56.6 Å². The lowest BCUT2D eigenvalue weighted by atomic mass is 9.88. The number of nitrogens with two attached hydrogens (primary N) is 2. The largest absolute Gasteiger partial charge is 0.498 e. The minimum atomic E-state index is -0.191. The number of hydrogen-bond donors (Lipinski definition) is 2. The highest BCUT2D eigenvalue weighted by Crippen LogP contribution is 2.38. The average Bonchev–Trinajstić information content (AvgIpc) is 3.31. The van der Waals surface area contributed by atoms with Crippen LogP contribution in [0, 0.1) is 0 Å². The molecule has 6 nitrogen and oxygen atoms in total. The van der Waals surface area contributed by atoms with Gasteiger partial charge in [-0.15, -0.1) is 0 Å². The third-order valence-electron chi connectivity index (χ3n) is 4.38. The van der Waals surface area contributed by atoms with Crippen molar-refractivity contribution in [2.45, 2.75) is 31.5 Å². The van der Waals surface area contributed by atoms with Crippen molar-refractivity contribution in [3.05, 3.63) is 70.8 Å². The van der Waals surface area contributed by atoms with E-state index in [4.69, 9.17) is 29.8 Å². The number of furan rings is 2. The Hall–Kier alpha value is -2.28. The Morgan fingerprint density at radius 3 is 2.08 bits per heavy atom. The van der Waals surface area contributed by atoms with Crippen molar-refractivity contribution in [2.24, 2.45) is 11.5 Å². The van der Waals surface area contributed by atoms with Crippen molar-refractivity contribution in [1.82, 2.24) is 0 Å². The molecule has 0 saturated carbocycles. The first-order valence-electron chi connectivity index (χ1n) is 8.26. The third kappa shape index (κ3) is 3.56. The van der Waals surface area contributed by atoms with E-state index in [9.17, 15) is 0 Å². The molecule has 1 atom stereocenters. The summed E-state index contributed by atoms with van der Waals surface area (Å²) in [4.78, 5) is 0. The summed E-state index contributed by atoms with van der Waals surface area (Å²) < 4.78 is 22.8. The maximum atomic E-state index is 5.91. The van der Waals surface area contributed by atoms with Gasteiger partial charge in [0.2, 0.25) is 0 Å². The summed E-state index contributed by atoms with van der Waals surface area (Å²) in [5, 5.41) is 0. The lowest BCUT2D eigenvalue weighted by Crippen LogP contribution is -2.19. The Balaban J connectivity index is 2.02. The summed E-state index contributed by atoms with van der Waals surface area (Å²) in [5.41, 5.74) is 12.4. The average molecular weight is 344 g/mol. The molecule has 6 heteroatoms. The quantitative estimate of drug-likeness (QED) is 0.802. The second-order valence-electron chi connectivity index (χ2n) is 5.86. The smallest absolute Gasteiger partial charge is 0.125 e. The van der Waals surface area contributed by atoms with Crippen LogP contribution in [0.3, 0.4) is 0 Å². The van der Waals surface area contributed by atoms with Gasteiger partial charge in [0.25, 0.3) is 0 Å². The van der Waals surface area contributed by atoms with Crippen LogP contribution < -0.4 is 11.5 Å². The van der Waals surface area contributed by atoms with Gasteiger partial charge in [-0.3, -0.25) is 0 Å². The molecule has 0 bridgehead atoms. The number of methoxy groups -OCH3 is 2. The van der Waals surface area contributed by atoms with Crippen LogP contribution in [-0.4, -0.2) is 20.3 Å². The first kappa shape index (κ1) is 17.5. The highest BCUT2D eigenvalue weighted by atomic mass is 16.5. The van der Waals surface area contributed by atoms with Crippen LogP contribution >= 0.6 is 0 Å². The van der Waals surface area contributed by atoms with Gasteiger partial charge in [-0.2, -0.15) is 0 Å². The predicted octanol–water partition coefficient (Wildman–Crippen LogP) is 2.80. The lowest BCUT2D eigenvalue weighted by molar-refractivity contribution is 0.0788. The first-order chi connectivity index (χ1) is 12.2. The highest BCUT2D eigenvalue weighted by molar-refractivity contribution is 5.42. The molecule has 2 aromatic rings. The topological polar surface area (TPSA) is 96.8 Å². The van der Waals surface area contributed by atoms with Gasteiger partial charge < -0.3 is 29.8 Å². The maximum absolute atomic E-state index is 5.91. The maximum Gasteiger partial charge on any atom is 0.125 e. The molecule has 4 N–H and O–H groups in total. The molecule has 0 amide bonds. The Morgan fingerprint density at radius 2 is 1.64 bits per heavy atom. The number of hydrogen-bond acceptors (Lipinski definition) is 6. The summed E-state index contributed by atoms with van der Waals surface area (Å²) >= 11 is 0. The zero-order valence-electron chi connectivity index (χ0n) is 14.5. The Labute approximate surface area is 147 Å². The molecule has 0 fully saturated rings. The van der Waals surface area contributed by atoms with Gasteiger partial charge in [0.15, 0.2) is 0 Å². The van der Waals surface area contributed by atoms with E-state index in [1.807, 2.05) is 30.3 Å². The van der Waals surface area contributed by atoms with E-state index in [0.29, 0.717) is 13.1 Å². The van der Waals surface area contributed by atoms with Gasteiger partial charge in [0.05, 0.1) is 26.1 Å². The minimum Gasteiger partial charge on any atom is -0.498 e. The van der Waals surface area contributed by atoms with Crippen LogP contribution in [0.1, 0.15) is 35.4 Å². The number of rotatable bonds is 7. The first-order valence-corrected chi connectivity index (χ1v) is 8.26. The monoisotopic (exact) mass is 344 g/mol. The van der Waals surface area contributed by atoms with E-state index >= 15 is 0 Å². The molecule has 0 aliphatic heterocycles. The second kappa shape index (κ2) is 7.74. The van der Waals surface area contributed by atoms with Crippen LogP contribution in [0.2, 0.25) is 0 Å². The van der Waals surface area contributed by atoms with E-state index in [0.717, 1.165) is 40.8 Å². The molecular formula is C19H24N2O4. The molecule has 0 spiro atoms. The van der Waals surface area contributed by atoms with Gasteiger partial charge in [0.1, 0.15) is 34.9 Å². The fraction of sp³-hybridized carbons (Fsp3) is 0.368. The van der Waals surface area contributed by atoms with Crippen LogP contribution in [-0.2, 0) is 22.6 Å². The summed E-state index contributed by atoms with van der Waals surface area (Å²) in [7, 11) is 3.32. The van der Waals surface area contributed by atoms with Gasteiger partial charge in [-0.25, -0.2) is 0 Å². The molecule has 3 rings (SSSR count). The van der Waals surface area contributed by atoms with Gasteiger partial charge >= 0.3 is 0 Å². The van der Waals surface area contributed by atoms with E-state index in [1.165, 1.54) is 0 Å². The predicted molar refractivity (Wildman–Crippen MR) is 93.6 cm³/mol. The molecule has 0 saturated heterocycles. The molecule has 0 radical (unpaired) electrons. The zero-order chi connectivity index (χ0) is 17.8. The second-order valence-corrected chi connectivity index (χ2v) is 5.86. The summed E-state index contributed by atoms with van der Waals surface area (Å²) in [6.07, 6.45) is 4.74. The fourth-order valence-electron chi connectivity index (χ4n) is 3.07. The van der Waals surface area contributed by atoms with Crippen LogP contribution in [0.25, 0.3) is 0 Å². The molecule has 2 aromatic heterocycles. The molecule has 2 heterocycles. The van der Waals surface area contributed by atoms with E-state index in [-0.39, 0.29) is 12.0 Å². The SMILES string of the molecule is COC1=CC(C(c2ccc(CN)o2)c2ccc(CN)o2)=CCC1OC. The van der Waals surface area contributed by atoms with Crippen LogP contribution in [0.5, 0.6) is 0 Å².